The fourth-order valence-corrected chi connectivity index (χ4v) is 1.83. The third-order valence-electron chi connectivity index (χ3n) is 1.92. The fraction of sp³-hybridized carbons (Fsp3) is 0. The van der Waals surface area contributed by atoms with Crippen molar-refractivity contribution in [3.63, 3.8) is 0 Å². The van der Waals surface area contributed by atoms with Gasteiger partial charge in [0.05, 0.1) is 11.2 Å². The van der Waals surface area contributed by atoms with Crippen LogP contribution < -0.4 is 5.73 Å². The number of nitrogens with zero attached hydrogens (tertiary/aromatic N) is 1. The Balaban J connectivity index is 2.76. The summed E-state index contributed by atoms with van der Waals surface area (Å²) in [4.78, 5) is 4.68. The Bertz CT molecular complexity index is 510. The lowest BCUT2D eigenvalue weighted by molar-refractivity contribution is 1.36. The molecule has 14 heavy (non-hydrogen) atoms. The van der Waals surface area contributed by atoms with Gasteiger partial charge in [-0.15, -0.1) is 0 Å². The van der Waals surface area contributed by atoms with Gasteiger partial charge in [-0.3, -0.25) is 0 Å². The Morgan fingerprint density at radius 3 is 2.79 bits per heavy atom. The van der Waals surface area contributed by atoms with Crippen LogP contribution in [0.15, 0.2) is 34.8 Å². The second-order valence-electron chi connectivity index (χ2n) is 2.87. The third-order valence-corrected chi connectivity index (χ3v) is 2.77. The number of hydrogen-bond donors (Lipinski definition) is 1. The molecule has 1 aromatic heterocycles. The van der Waals surface area contributed by atoms with Crippen molar-refractivity contribution in [2.45, 2.75) is 0 Å². The normalized spacial score (nSPS) is 10.4. The number of thiocarbonyl (C=S) groups is 1. The standard InChI is InChI=1S/C10H7BrN2S/c11-7-3-1-2-6-4-5-8(10(12)14)13-9(6)7/h1-5H,(H2,12,14). The van der Waals surface area contributed by atoms with E-state index in [1.54, 1.807) is 0 Å². The maximum Gasteiger partial charge on any atom is 0.122 e. The molecule has 70 valence electrons. The molecule has 2 aromatic rings. The molecular weight excluding hydrogens is 260 g/mol. The summed E-state index contributed by atoms with van der Waals surface area (Å²) in [6.45, 7) is 0. The van der Waals surface area contributed by atoms with E-state index >= 15 is 0 Å². The van der Waals surface area contributed by atoms with Gasteiger partial charge in [-0.25, -0.2) is 4.98 Å². The van der Waals surface area contributed by atoms with Crippen molar-refractivity contribution in [1.29, 1.82) is 0 Å². The summed E-state index contributed by atoms with van der Waals surface area (Å²) in [7, 11) is 0. The van der Waals surface area contributed by atoms with Gasteiger partial charge in [0, 0.05) is 9.86 Å². The van der Waals surface area contributed by atoms with E-state index in [1.165, 1.54) is 0 Å². The average Bonchev–Trinajstić information content (AvgIpc) is 2.18. The Hall–Kier alpha value is -1.00. The molecule has 2 nitrogen and oxygen atoms in total. The molecule has 0 fully saturated rings. The molecule has 0 aliphatic carbocycles. The molecule has 2 rings (SSSR count). The van der Waals surface area contributed by atoms with Crippen LogP contribution in [0.5, 0.6) is 0 Å². The minimum absolute atomic E-state index is 0.322. The van der Waals surface area contributed by atoms with E-state index in [-0.39, 0.29) is 0 Å². The molecule has 0 saturated carbocycles. The minimum atomic E-state index is 0.322. The van der Waals surface area contributed by atoms with Crippen LogP contribution in [0.1, 0.15) is 5.69 Å². The van der Waals surface area contributed by atoms with E-state index in [0.717, 1.165) is 15.4 Å². The first-order valence-corrected chi connectivity index (χ1v) is 5.23. The average molecular weight is 267 g/mol. The maximum atomic E-state index is 5.51. The fourth-order valence-electron chi connectivity index (χ4n) is 1.25. The Kier molecular flexibility index (Phi) is 2.48. The number of hydrogen-bond acceptors (Lipinski definition) is 2. The molecule has 0 saturated heterocycles. The summed E-state index contributed by atoms with van der Waals surface area (Å²) in [5.41, 5.74) is 7.05. The SMILES string of the molecule is NC(=S)c1ccc2cccc(Br)c2n1. The quantitative estimate of drug-likeness (QED) is 0.807. The van der Waals surface area contributed by atoms with Crippen LogP contribution in [0.2, 0.25) is 0 Å². The molecule has 0 atom stereocenters. The first-order chi connectivity index (χ1) is 6.68. The summed E-state index contributed by atoms with van der Waals surface area (Å²) in [5, 5.41) is 1.07. The molecule has 1 aromatic carbocycles. The largest absolute Gasteiger partial charge is 0.388 e. The van der Waals surface area contributed by atoms with Crippen molar-refractivity contribution in [3.8, 4) is 0 Å². The van der Waals surface area contributed by atoms with Crippen LogP contribution >= 0.6 is 28.1 Å². The van der Waals surface area contributed by atoms with Crippen LogP contribution in [0.3, 0.4) is 0 Å². The lowest BCUT2D eigenvalue weighted by Gasteiger charge is -2.02. The van der Waals surface area contributed by atoms with Crippen molar-refractivity contribution in [2.75, 3.05) is 0 Å². The third kappa shape index (κ3) is 1.63. The highest BCUT2D eigenvalue weighted by atomic mass is 79.9. The predicted octanol–water partition coefficient (Wildman–Crippen LogP) is 2.63. The molecule has 0 aliphatic heterocycles. The lowest BCUT2D eigenvalue weighted by atomic mass is 10.2. The van der Waals surface area contributed by atoms with Gasteiger partial charge in [-0.1, -0.05) is 30.4 Å². The second kappa shape index (κ2) is 3.63. The molecule has 0 spiro atoms. The van der Waals surface area contributed by atoms with E-state index < -0.39 is 0 Å². The molecule has 2 N–H and O–H groups in total. The predicted molar refractivity (Wildman–Crippen MR) is 65.3 cm³/mol. The Labute approximate surface area is 95.3 Å². The Morgan fingerprint density at radius 1 is 1.29 bits per heavy atom. The zero-order chi connectivity index (χ0) is 10.1. The molecule has 0 unspecified atom stereocenters. The van der Waals surface area contributed by atoms with E-state index in [9.17, 15) is 0 Å². The monoisotopic (exact) mass is 266 g/mol. The van der Waals surface area contributed by atoms with Gasteiger partial charge in [0.25, 0.3) is 0 Å². The Morgan fingerprint density at radius 2 is 2.07 bits per heavy atom. The lowest BCUT2D eigenvalue weighted by Crippen LogP contribution is -2.11. The summed E-state index contributed by atoms with van der Waals surface area (Å²) in [6, 6.07) is 9.70. The number of rotatable bonds is 1. The van der Waals surface area contributed by atoms with Crippen molar-refractivity contribution in [3.05, 3.63) is 40.5 Å². The van der Waals surface area contributed by atoms with Gasteiger partial charge in [-0.05, 0) is 28.1 Å². The number of pyridine rings is 1. The molecule has 0 amide bonds. The first-order valence-electron chi connectivity index (χ1n) is 4.03. The zero-order valence-corrected chi connectivity index (χ0v) is 9.60. The smallest absolute Gasteiger partial charge is 0.122 e. The molecule has 0 radical (unpaired) electrons. The number of para-hydroxylation sites is 1. The number of nitrogens with two attached hydrogens (primary N) is 1. The van der Waals surface area contributed by atoms with E-state index in [4.69, 9.17) is 18.0 Å². The summed E-state index contributed by atoms with van der Waals surface area (Å²) in [6.07, 6.45) is 0. The maximum absolute atomic E-state index is 5.51. The molecule has 0 aliphatic rings. The van der Waals surface area contributed by atoms with E-state index in [1.807, 2.05) is 30.3 Å². The number of fused-ring (bicyclic) bond motifs is 1. The molecule has 0 bridgehead atoms. The summed E-state index contributed by atoms with van der Waals surface area (Å²) < 4.78 is 0.952. The van der Waals surface area contributed by atoms with Crippen LogP contribution in [-0.4, -0.2) is 9.97 Å². The number of benzene rings is 1. The molecule has 4 heteroatoms. The molecular formula is C10H7BrN2S. The zero-order valence-electron chi connectivity index (χ0n) is 7.20. The van der Waals surface area contributed by atoms with Crippen molar-refractivity contribution < 1.29 is 0 Å². The topological polar surface area (TPSA) is 38.9 Å². The van der Waals surface area contributed by atoms with Crippen molar-refractivity contribution in [1.82, 2.24) is 4.98 Å². The van der Waals surface area contributed by atoms with E-state index in [2.05, 4.69) is 20.9 Å². The van der Waals surface area contributed by atoms with Gasteiger partial charge in [-0.2, -0.15) is 0 Å². The van der Waals surface area contributed by atoms with Crippen LogP contribution in [-0.2, 0) is 0 Å². The highest BCUT2D eigenvalue weighted by Gasteiger charge is 2.02. The summed E-state index contributed by atoms with van der Waals surface area (Å²) >= 11 is 8.30. The van der Waals surface area contributed by atoms with E-state index in [0.29, 0.717) is 10.7 Å². The highest BCUT2D eigenvalue weighted by molar-refractivity contribution is 9.10. The number of halogens is 1. The van der Waals surface area contributed by atoms with Gasteiger partial charge in [0.2, 0.25) is 0 Å². The van der Waals surface area contributed by atoms with Gasteiger partial charge in [0.15, 0.2) is 0 Å². The van der Waals surface area contributed by atoms with Crippen molar-refractivity contribution >= 4 is 44.0 Å². The molecule has 1 heterocycles. The second-order valence-corrected chi connectivity index (χ2v) is 4.17. The minimum Gasteiger partial charge on any atom is -0.388 e. The van der Waals surface area contributed by atoms with Crippen LogP contribution in [0.25, 0.3) is 10.9 Å². The number of aromatic nitrogens is 1. The first kappa shape index (κ1) is 9.55. The van der Waals surface area contributed by atoms with Crippen LogP contribution in [0.4, 0.5) is 0 Å². The van der Waals surface area contributed by atoms with Gasteiger partial charge >= 0.3 is 0 Å². The van der Waals surface area contributed by atoms with Gasteiger partial charge in [0.1, 0.15) is 4.99 Å². The summed E-state index contributed by atoms with van der Waals surface area (Å²) in [5.74, 6) is 0. The van der Waals surface area contributed by atoms with Crippen LogP contribution in [0, 0.1) is 0 Å². The van der Waals surface area contributed by atoms with Crippen molar-refractivity contribution in [2.24, 2.45) is 5.73 Å². The van der Waals surface area contributed by atoms with Gasteiger partial charge < -0.3 is 5.73 Å². The highest BCUT2D eigenvalue weighted by Crippen LogP contribution is 2.21.